The van der Waals surface area contributed by atoms with Crippen LogP contribution in [-0.4, -0.2) is 47.3 Å². The fourth-order valence-corrected chi connectivity index (χ4v) is 1.10. The predicted molar refractivity (Wildman–Crippen MR) is 52.6 cm³/mol. The van der Waals surface area contributed by atoms with E-state index >= 15 is 0 Å². The molecular weight excluding hydrogens is 225 g/mol. The van der Waals surface area contributed by atoms with Gasteiger partial charge >= 0.3 is 6.18 Å². The van der Waals surface area contributed by atoms with E-state index in [-0.39, 0.29) is 13.0 Å². The van der Waals surface area contributed by atoms with E-state index in [1.807, 2.05) is 0 Å². The van der Waals surface area contributed by atoms with E-state index in [1.165, 1.54) is 6.92 Å². The van der Waals surface area contributed by atoms with Crippen molar-refractivity contribution >= 4 is 5.91 Å². The molecule has 3 N–H and O–H groups in total. The molecule has 1 atom stereocenters. The van der Waals surface area contributed by atoms with Crippen molar-refractivity contribution in [2.75, 3.05) is 19.7 Å². The Kier molecular flexibility index (Phi) is 5.21. The van der Waals surface area contributed by atoms with E-state index in [1.54, 1.807) is 6.92 Å². The number of alkyl halides is 3. The SMILES string of the molecule is CCC(C)(N)C(=O)N(CCO)CC(F)(F)F. The molecule has 0 rings (SSSR count). The van der Waals surface area contributed by atoms with Crippen molar-refractivity contribution in [1.82, 2.24) is 4.90 Å². The van der Waals surface area contributed by atoms with Crippen LogP contribution in [0.3, 0.4) is 0 Å². The number of aliphatic hydroxyl groups is 1. The van der Waals surface area contributed by atoms with Crippen LogP contribution < -0.4 is 5.73 Å². The Balaban J connectivity index is 4.72. The van der Waals surface area contributed by atoms with Gasteiger partial charge in [0.05, 0.1) is 12.1 Å². The lowest BCUT2D eigenvalue weighted by Gasteiger charge is -2.31. The highest BCUT2D eigenvalue weighted by Gasteiger charge is 2.37. The van der Waals surface area contributed by atoms with Crippen molar-refractivity contribution in [3.63, 3.8) is 0 Å². The summed E-state index contributed by atoms with van der Waals surface area (Å²) in [6.07, 6.45) is -4.26. The minimum atomic E-state index is -4.49. The number of halogens is 3. The first-order chi connectivity index (χ1) is 7.14. The summed E-state index contributed by atoms with van der Waals surface area (Å²) in [7, 11) is 0. The molecule has 0 spiro atoms. The van der Waals surface area contributed by atoms with Crippen molar-refractivity contribution in [2.45, 2.75) is 32.0 Å². The molecule has 0 fully saturated rings. The third-order valence-corrected chi connectivity index (χ3v) is 2.25. The van der Waals surface area contributed by atoms with Crippen LogP contribution in [0.15, 0.2) is 0 Å². The van der Waals surface area contributed by atoms with Crippen molar-refractivity contribution in [2.24, 2.45) is 5.73 Å². The number of carbonyl (C=O) groups is 1. The molecule has 0 aliphatic heterocycles. The van der Waals surface area contributed by atoms with Crippen molar-refractivity contribution in [3.8, 4) is 0 Å². The van der Waals surface area contributed by atoms with E-state index in [0.717, 1.165) is 0 Å². The molecule has 0 saturated heterocycles. The van der Waals surface area contributed by atoms with Crippen LogP contribution in [0, 0.1) is 0 Å². The van der Waals surface area contributed by atoms with Crippen molar-refractivity contribution in [1.29, 1.82) is 0 Å². The Morgan fingerprint density at radius 2 is 1.94 bits per heavy atom. The van der Waals surface area contributed by atoms with Crippen LogP contribution in [0.1, 0.15) is 20.3 Å². The van der Waals surface area contributed by atoms with Gasteiger partial charge < -0.3 is 15.7 Å². The zero-order valence-electron chi connectivity index (χ0n) is 9.34. The molecule has 7 heteroatoms. The van der Waals surface area contributed by atoms with Gasteiger partial charge in [0.15, 0.2) is 0 Å². The van der Waals surface area contributed by atoms with E-state index in [0.29, 0.717) is 4.90 Å². The van der Waals surface area contributed by atoms with E-state index < -0.39 is 30.8 Å². The second-order valence-corrected chi connectivity index (χ2v) is 3.84. The standard InChI is InChI=1S/C9H17F3N2O2/c1-3-8(2,13)7(16)14(4-5-15)6-9(10,11)12/h15H,3-6,13H2,1-2H3. The summed E-state index contributed by atoms with van der Waals surface area (Å²) in [6, 6.07) is 0. The zero-order chi connectivity index (χ0) is 13.0. The summed E-state index contributed by atoms with van der Waals surface area (Å²) < 4.78 is 36.5. The highest BCUT2D eigenvalue weighted by molar-refractivity contribution is 5.85. The number of hydrogen-bond donors (Lipinski definition) is 2. The highest BCUT2D eigenvalue weighted by Crippen LogP contribution is 2.19. The maximum Gasteiger partial charge on any atom is 0.406 e. The van der Waals surface area contributed by atoms with Crippen molar-refractivity contribution < 1.29 is 23.1 Å². The molecule has 0 bridgehead atoms. The fourth-order valence-electron chi connectivity index (χ4n) is 1.10. The van der Waals surface area contributed by atoms with Gasteiger partial charge in [-0.05, 0) is 13.3 Å². The van der Waals surface area contributed by atoms with Gasteiger partial charge in [-0.1, -0.05) is 6.92 Å². The Morgan fingerprint density at radius 1 is 1.44 bits per heavy atom. The molecule has 4 nitrogen and oxygen atoms in total. The van der Waals surface area contributed by atoms with Gasteiger partial charge in [0, 0.05) is 6.54 Å². The van der Waals surface area contributed by atoms with E-state index in [9.17, 15) is 18.0 Å². The van der Waals surface area contributed by atoms with Crippen LogP contribution in [0.4, 0.5) is 13.2 Å². The molecule has 1 unspecified atom stereocenters. The van der Waals surface area contributed by atoms with E-state index in [2.05, 4.69) is 0 Å². The summed E-state index contributed by atoms with van der Waals surface area (Å²) in [4.78, 5) is 12.2. The molecule has 0 aliphatic rings. The lowest BCUT2D eigenvalue weighted by molar-refractivity contribution is -0.165. The van der Waals surface area contributed by atoms with Crippen molar-refractivity contribution in [3.05, 3.63) is 0 Å². The number of amides is 1. The van der Waals surface area contributed by atoms with E-state index in [4.69, 9.17) is 10.8 Å². The molecule has 96 valence electrons. The summed E-state index contributed by atoms with van der Waals surface area (Å²) in [5.74, 6) is -0.804. The number of nitrogens with two attached hydrogens (primary N) is 1. The molecule has 0 aromatic carbocycles. The Morgan fingerprint density at radius 3 is 2.25 bits per heavy atom. The first-order valence-corrected chi connectivity index (χ1v) is 4.90. The summed E-state index contributed by atoms with van der Waals surface area (Å²) in [5, 5.41) is 8.62. The van der Waals surface area contributed by atoms with Gasteiger partial charge in [-0.15, -0.1) is 0 Å². The van der Waals surface area contributed by atoms with Crippen LogP contribution in [0.25, 0.3) is 0 Å². The fraction of sp³-hybridized carbons (Fsp3) is 0.889. The molecule has 0 heterocycles. The number of nitrogens with zero attached hydrogens (tertiary/aromatic N) is 1. The van der Waals surface area contributed by atoms with Gasteiger partial charge in [-0.3, -0.25) is 4.79 Å². The third-order valence-electron chi connectivity index (χ3n) is 2.25. The lowest BCUT2D eigenvalue weighted by atomic mass is 9.98. The minimum Gasteiger partial charge on any atom is -0.395 e. The molecule has 0 aromatic heterocycles. The largest absolute Gasteiger partial charge is 0.406 e. The topological polar surface area (TPSA) is 66.6 Å². The van der Waals surface area contributed by atoms with Crippen LogP contribution in [0.2, 0.25) is 0 Å². The Labute approximate surface area is 92.2 Å². The summed E-state index contributed by atoms with van der Waals surface area (Å²) in [5.41, 5.74) is 4.24. The van der Waals surface area contributed by atoms with Crippen LogP contribution in [-0.2, 0) is 4.79 Å². The first-order valence-electron chi connectivity index (χ1n) is 4.90. The maximum absolute atomic E-state index is 12.2. The summed E-state index contributed by atoms with van der Waals surface area (Å²) in [6.45, 7) is 0.699. The molecule has 1 amide bonds. The van der Waals surface area contributed by atoms with Crippen LogP contribution >= 0.6 is 0 Å². The average Bonchev–Trinajstić information content (AvgIpc) is 2.14. The monoisotopic (exact) mass is 242 g/mol. The molecular formula is C9H17F3N2O2. The van der Waals surface area contributed by atoms with Gasteiger partial charge in [0.25, 0.3) is 0 Å². The molecule has 0 aromatic rings. The number of carbonyl (C=O) groups excluding carboxylic acids is 1. The normalized spacial score (nSPS) is 15.7. The molecule has 0 aliphatic carbocycles. The van der Waals surface area contributed by atoms with Gasteiger partial charge in [0.2, 0.25) is 5.91 Å². The van der Waals surface area contributed by atoms with Gasteiger partial charge in [0.1, 0.15) is 6.54 Å². The number of aliphatic hydroxyl groups excluding tert-OH is 1. The number of hydrogen-bond acceptors (Lipinski definition) is 3. The Bertz CT molecular complexity index is 241. The lowest BCUT2D eigenvalue weighted by Crippen LogP contribution is -2.55. The third kappa shape index (κ3) is 4.80. The molecule has 0 radical (unpaired) electrons. The molecule has 16 heavy (non-hydrogen) atoms. The van der Waals surface area contributed by atoms with Gasteiger partial charge in [-0.25, -0.2) is 0 Å². The minimum absolute atomic E-state index is 0.228. The number of rotatable bonds is 5. The Hall–Kier alpha value is -0.820. The second kappa shape index (κ2) is 5.49. The summed E-state index contributed by atoms with van der Waals surface area (Å²) >= 11 is 0. The predicted octanol–water partition coefficient (Wildman–Crippen LogP) is 0.497. The van der Waals surface area contributed by atoms with Gasteiger partial charge in [-0.2, -0.15) is 13.2 Å². The first kappa shape index (κ1) is 15.2. The quantitative estimate of drug-likeness (QED) is 0.737. The molecule has 0 saturated carbocycles. The zero-order valence-corrected chi connectivity index (χ0v) is 9.34. The van der Waals surface area contributed by atoms with Crippen LogP contribution in [0.5, 0.6) is 0 Å². The highest BCUT2D eigenvalue weighted by atomic mass is 19.4. The maximum atomic E-state index is 12.2. The smallest absolute Gasteiger partial charge is 0.395 e. The average molecular weight is 242 g/mol. The second-order valence-electron chi connectivity index (χ2n) is 3.84.